The quantitative estimate of drug-likeness (QED) is 0.666. The zero-order valence-corrected chi connectivity index (χ0v) is 15.4. The van der Waals surface area contributed by atoms with Crippen molar-refractivity contribution in [2.24, 2.45) is 5.41 Å². The molecule has 0 fully saturated rings. The highest BCUT2D eigenvalue weighted by molar-refractivity contribution is 5.75. The van der Waals surface area contributed by atoms with E-state index in [0.29, 0.717) is 17.1 Å². The molecule has 3 rings (SSSR count). The second kappa shape index (κ2) is 7.68. The smallest absolute Gasteiger partial charge is 0.272 e. The third-order valence-electron chi connectivity index (χ3n) is 3.88. The Labute approximate surface area is 160 Å². The van der Waals surface area contributed by atoms with Gasteiger partial charge in [0.05, 0.1) is 23.2 Å². The summed E-state index contributed by atoms with van der Waals surface area (Å²) in [4.78, 5) is 4.03. The number of anilines is 1. The number of hydrogen-bond donors (Lipinski definition) is 1. The minimum absolute atomic E-state index is 0.0510. The molecule has 3 heterocycles. The first-order chi connectivity index (χ1) is 13.3. The molecule has 0 radical (unpaired) electrons. The van der Waals surface area contributed by atoms with Crippen molar-refractivity contribution in [3.8, 4) is 28.8 Å². The lowest BCUT2D eigenvalue weighted by Gasteiger charge is -2.18. The molecule has 0 unspecified atom stereocenters. The number of halogens is 2. The molecule has 2 N–H and O–H groups in total. The lowest BCUT2D eigenvalue weighted by atomic mass is 9.97. The Kier molecular flexibility index (Phi) is 5.31. The summed E-state index contributed by atoms with van der Waals surface area (Å²) in [6, 6.07) is 9.02. The molecule has 0 aliphatic carbocycles. The molecule has 0 atom stereocenters. The minimum Gasteiger partial charge on any atom is -0.490 e. The molecular formula is C19H19F2N5O2. The normalized spacial score (nSPS) is 11.6. The van der Waals surface area contributed by atoms with Gasteiger partial charge in [-0.15, -0.1) is 0 Å². The fraction of sp³-hybridized carbons (Fsp3) is 0.316. The Hall–Kier alpha value is -3.41. The molecule has 7 nitrogen and oxygen atoms in total. The van der Waals surface area contributed by atoms with E-state index in [9.17, 15) is 14.0 Å². The fourth-order valence-electron chi connectivity index (χ4n) is 2.46. The summed E-state index contributed by atoms with van der Waals surface area (Å²) in [5.74, 6) is 0.833. The van der Waals surface area contributed by atoms with Crippen LogP contribution in [-0.4, -0.2) is 34.2 Å². The van der Waals surface area contributed by atoms with Crippen molar-refractivity contribution in [2.45, 2.75) is 20.3 Å². The van der Waals surface area contributed by atoms with Gasteiger partial charge in [0.15, 0.2) is 6.61 Å². The number of nitrogens with two attached hydrogens (primary N) is 1. The second-order valence-electron chi connectivity index (χ2n) is 6.86. The maximum Gasteiger partial charge on any atom is 0.272 e. The Balaban J connectivity index is 1.99. The molecular weight excluding hydrogens is 368 g/mol. The first-order valence-corrected chi connectivity index (χ1v) is 8.48. The number of fused-ring (bicyclic) bond motifs is 1. The number of hydrogen-bond acceptors (Lipinski definition) is 6. The molecule has 0 bridgehead atoms. The van der Waals surface area contributed by atoms with Crippen LogP contribution in [0.15, 0.2) is 36.7 Å². The summed E-state index contributed by atoms with van der Waals surface area (Å²) in [5, 5.41) is 13.3. The van der Waals surface area contributed by atoms with E-state index in [-0.39, 0.29) is 12.5 Å². The molecule has 0 aliphatic heterocycles. The van der Waals surface area contributed by atoms with E-state index in [1.807, 2.05) is 6.07 Å². The molecule has 0 saturated heterocycles. The van der Waals surface area contributed by atoms with E-state index in [4.69, 9.17) is 15.2 Å². The first-order valence-electron chi connectivity index (χ1n) is 8.48. The Morgan fingerprint density at radius 3 is 2.79 bits per heavy atom. The van der Waals surface area contributed by atoms with Crippen molar-refractivity contribution in [1.29, 1.82) is 5.26 Å². The highest BCUT2D eigenvalue weighted by atomic mass is 19.3. The minimum atomic E-state index is -2.61. The van der Waals surface area contributed by atoms with Crippen LogP contribution in [0, 0.1) is 16.7 Å². The van der Waals surface area contributed by atoms with Crippen LogP contribution in [0.1, 0.15) is 13.8 Å². The summed E-state index contributed by atoms with van der Waals surface area (Å²) in [6.45, 7) is 2.88. The molecule has 0 aliphatic rings. The summed E-state index contributed by atoms with van der Waals surface area (Å²) < 4.78 is 37.4. The SMILES string of the molecule is CC(C)(C#N)COc1cnc(OCC(F)F)cc1-c1ccn2nc(N)cc2c1. The van der Waals surface area contributed by atoms with E-state index in [1.54, 1.807) is 36.7 Å². The van der Waals surface area contributed by atoms with Gasteiger partial charge in [-0.25, -0.2) is 18.3 Å². The largest absolute Gasteiger partial charge is 0.490 e. The third-order valence-corrected chi connectivity index (χ3v) is 3.88. The highest BCUT2D eigenvalue weighted by Crippen LogP contribution is 2.34. The number of nitrogen functional groups attached to an aromatic ring is 1. The summed E-state index contributed by atoms with van der Waals surface area (Å²) >= 11 is 0. The van der Waals surface area contributed by atoms with Gasteiger partial charge in [-0.1, -0.05) is 0 Å². The maximum absolute atomic E-state index is 12.5. The number of pyridine rings is 2. The monoisotopic (exact) mass is 387 g/mol. The molecule has 0 spiro atoms. The van der Waals surface area contributed by atoms with Gasteiger partial charge in [0.25, 0.3) is 6.43 Å². The predicted molar refractivity (Wildman–Crippen MR) is 99.2 cm³/mol. The van der Waals surface area contributed by atoms with Crippen molar-refractivity contribution in [1.82, 2.24) is 14.6 Å². The number of ether oxygens (including phenoxy) is 2. The summed E-state index contributed by atoms with van der Waals surface area (Å²) in [6.07, 6.45) is 0.520. The Morgan fingerprint density at radius 2 is 2.07 bits per heavy atom. The second-order valence-corrected chi connectivity index (χ2v) is 6.86. The van der Waals surface area contributed by atoms with Gasteiger partial charge in [0.2, 0.25) is 5.88 Å². The lowest BCUT2D eigenvalue weighted by Crippen LogP contribution is -2.19. The van der Waals surface area contributed by atoms with Gasteiger partial charge < -0.3 is 15.2 Å². The zero-order valence-electron chi connectivity index (χ0n) is 15.4. The van der Waals surface area contributed by atoms with Crippen LogP contribution in [0.5, 0.6) is 11.6 Å². The van der Waals surface area contributed by atoms with Crippen LogP contribution in [0.2, 0.25) is 0 Å². The topological polar surface area (TPSA) is 98.5 Å². The van der Waals surface area contributed by atoms with Crippen molar-refractivity contribution < 1.29 is 18.3 Å². The number of aromatic nitrogens is 3. The third kappa shape index (κ3) is 4.46. The summed E-state index contributed by atoms with van der Waals surface area (Å²) in [7, 11) is 0. The van der Waals surface area contributed by atoms with Gasteiger partial charge in [-0.3, -0.25) is 0 Å². The first kappa shape index (κ1) is 19.4. The molecule has 0 saturated carbocycles. The molecule has 9 heteroatoms. The van der Waals surface area contributed by atoms with Gasteiger partial charge in [-0.05, 0) is 31.5 Å². The number of rotatable bonds is 7. The Bertz CT molecular complexity index is 1030. The van der Waals surface area contributed by atoms with Crippen LogP contribution >= 0.6 is 0 Å². The zero-order chi connectivity index (χ0) is 20.3. The molecule has 0 aromatic carbocycles. The molecule has 28 heavy (non-hydrogen) atoms. The van der Waals surface area contributed by atoms with E-state index in [2.05, 4.69) is 16.2 Å². The predicted octanol–water partition coefficient (Wildman–Crippen LogP) is 3.55. The van der Waals surface area contributed by atoms with E-state index >= 15 is 0 Å². The van der Waals surface area contributed by atoms with Crippen LogP contribution < -0.4 is 15.2 Å². The number of nitriles is 1. The van der Waals surface area contributed by atoms with Gasteiger partial charge in [0.1, 0.15) is 18.2 Å². The molecule has 0 amide bonds. The lowest BCUT2D eigenvalue weighted by molar-refractivity contribution is 0.0795. The van der Waals surface area contributed by atoms with Gasteiger partial charge in [-0.2, -0.15) is 10.4 Å². The average Bonchev–Trinajstić information content (AvgIpc) is 3.04. The highest BCUT2D eigenvalue weighted by Gasteiger charge is 2.20. The van der Waals surface area contributed by atoms with Gasteiger partial charge >= 0.3 is 0 Å². The maximum atomic E-state index is 12.5. The van der Waals surface area contributed by atoms with Crippen LogP contribution in [0.4, 0.5) is 14.6 Å². The molecule has 3 aromatic rings. The van der Waals surface area contributed by atoms with Crippen molar-refractivity contribution in [3.05, 3.63) is 36.7 Å². The van der Waals surface area contributed by atoms with Crippen molar-refractivity contribution in [3.63, 3.8) is 0 Å². The molecule has 3 aromatic heterocycles. The molecule has 146 valence electrons. The van der Waals surface area contributed by atoms with Crippen LogP contribution in [-0.2, 0) is 0 Å². The standard InChI is InChI=1S/C19H19F2N5O2/c1-19(2,10-22)11-28-15-8-24-18(27-9-16(20)21)7-14(15)12-3-4-26-13(5-12)6-17(23)25-26/h3-8,16H,9,11H2,1-2H3,(H2,23,25). The summed E-state index contributed by atoms with van der Waals surface area (Å²) in [5.41, 5.74) is 7.11. The van der Waals surface area contributed by atoms with Gasteiger partial charge in [0, 0.05) is 23.9 Å². The van der Waals surface area contributed by atoms with E-state index < -0.39 is 18.4 Å². The van der Waals surface area contributed by atoms with Crippen LogP contribution in [0.25, 0.3) is 16.6 Å². The van der Waals surface area contributed by atoms with Crippen LogP contribution in [0.3, 0.4) is 0 Å². The van der Waals surface area contributed by atoms with Crippen molar-refractivity contribution >= 4 is 11.3 Å². The van der Waals surface area contributed by atoms with Crippen molar-refractivity contribution in [2.75, 3.05) is 18.9 Å². The number of alkyl halides is 2. The Morgan fingerprint density at radius 1 is 1.29 bits per heavy atom. The number of nitrogens with zero attached hydrogens (tertiary/aromatic N) is 4. The fourth-order valence-corrected chi connectivity index (χ4v) is 2.46. The van der Waals surface area contributed by atoms with E-state index in [0.717, 1.165) is 11.1 Å². The average molecular weight is 387 g/mol. The van der Waals surface area contributed by atoms with E-state index in [1.165, 1.54) is 12.3 Å².